The van der Waals surface area contributed by atoms with E-state index in [0.717, 1.165) is 0 Å². The van der Waals surface area contributed by atoms with Crippen molar-refractivity contribution in [2.24, 2.45) is 0 Å². The largest absolute Gasteiger partial charge is 0.481 e. The number of pyridine rings is 2. The fourth-order valence-corrected chi connectivity index (χ4v) is 2.58. The van der Waals surface area contributed by atoms with Gasteiger partial charge in [-0.15, -0.1) is 0 Å². The molecular formula is C20H18F2N2O3. The first-order valence-electron chi connectivity index (χ1n) is 8.14. The van der Waals surface area contributed by atoms with Crippen LogP contribution in [0.25, 0.3) is 11.1 Å². The molecule has 0 fully saturated rings. The van der Waals surface area contributed by atoms with Crippen molar-refractivity contribution in [2.75, 3.05) is 20.8 Å². The second kappa shape index (κ2) is 8.09. The third-order valence-electron chi connectivity index (χ3n) is 3.84. The van der Waals surface area contributed by atoms with Gasteiger partial charge in [0.15, 0.2) is 0 Å². The van der Waals surface area contributed by atoms with Crippen LogP contribution in [0.1, 0.15) is 5.56 Å². The SMILES string of the molecule is COCC(F)(F)c1ccc(Oc2ncccc2-c2cccnc2OC)cc1. The lowest BCUT2D eigenvalue weighted by Crippen LogP contribution is -2.19. The van der Waals surface area contributed by atoms with Crippen molar-refractivity contribution in [3.63, 3.8) is 0 Å². The van der Waals surface area contributed by atoms with Gasteiger partial charge in [-0.05, 0) is 48.5 Å². The molecule has 1 aromatic carbocycles. The quantitative estimate of drug-likeness (QED) is 0.603. The van der Waals surface area contributed by atoms with Crippen molar-refractivity contribution < 1.29 is 23.0 Å². The Morgan fingerprint density at radius 3 is 2.04 bits per heavy atom. The maximum Gasteiger partial charge on any atom is 0.296 e. The number of methoxy groups -OCH3 is 2. The molecule has 2 heterocycles. The zero-order chi connectivity index (χ0) is 19.3. The minimum absolute atomic E-state index is 0.146. The van der Waals surface area contributed by atoms with Crippen molar-refractivity contribution in [3.05, 3.63) is 66.5 Å². The van der Waals surface area contributed by atoms with Gasteiger partial charge in [0.1, 0.15) is 12.4 Å². The molecule has 0 amide bonds. The fraction of sp³-hybridized carbons (Fsp3) is 0.200. The molecule has 0 aliphatic heterocycles. The van der Waals surface area contributed by atoms with E-state index >= 15 is 0 Å². The Balaban J connectivity index is 1.89. The van der Waals surface area contributed by atoms with Gasteiger partial charge in [-0.1, -0.05) is 0 Å². The summed E-state index contributed by atoms with van der Waals surface area (Å²) in [5, 5.41) is 0. The number of hydrogen-bond acceptors (Lipinski definition) is 5. The number of ether oxygens (including phenoxy) is 3. The molecule has 0 atom stereocenters. The topological polar surface area (TPSA) is 53.5 Å². The van der Waals surface area contributed by atoms with Crippen LogP contribution in [-0.2, 0) is 10.7 Å². The summed E-state index contributed by atoms with van der Waals surface area (Å²) in [6.45, 7) is -0.682. The van der Waals surface area contributed by atoms with Crippen molar-refractivity contribution in [2.45, 2.75) is 5.92 Å². The smallest absolute Gasteiger partial charge is 0.296 e. The Bertz CT molecular complexity index is 902. The van der Waals surface area contributed by atoms with E-state index in [4.69, 9.17) is 9.47 Å². The molecule has 0 spiro atoms. The lowest BCUT2D eigenvalue weighted by atomic mass is 10.1. The van der Waals surface area contributed by atoms with E-state index < -0.39 is 12.5 Å². The van der Waals surface area contributed by atoms with Crippen molar-refractivity contribution in [1.29, 1.82) is 0 Å². The van der Waals surface area contributed by atoms with Crippen LogP contribution >= 0.6 is 0 Å². The van der Waals surface area contributed by atoms with Crippen LogP contribution in [0.5, 0.6) is 17.5 Å². The van der Waals surface area contributed by atoms with Gasteiger partial charge in [-0.3, -0.25) is 0 Å². The average Bonchev–Trinajstić information content (AvgIpc) is 2.69. The molecule has 3 aromatic rings. The molecule has 0 saturated heterocycles. The summed E-state index contributed by atoms with van der Waals surface area (Å²) < 4.78 is 43.4. The summed E-state index contributed by atoms with van der Waals surface area (Å²) in [7, 11) is 2.77. The van der Waals surface area contributed by atoms with Crippen LogP contribution in [0.4, 0.5) is 8.78 Å². The zero-order valence-corrected chi connectivity index (χ0v) is 14.9. The fourth-order valence-electron chi connectivity index (χ4n) is 2.58. The second-order valence-electron chi connectivity index (χ2n) is 5.68. The highest BCUT2D eigenvalue weighted by Crippen LogP contribution is 2.36. The summed E-state index contributed by atoms with van der Waals surface area (Å²) in [6.07, 6.45) is 3.21. The van der Waals surface area contributed by atoms with E-state index in [1.54, 1.807) is 24.5 Å². The normalized spacial score (nSPS) is 11.3. The predicted molar refractivity (Wildman–Crippen MR) is 96.3 cm³/mol. The summed E-state index contributed by atoms with van der Waals surface area (Å²) in [5.41, 5.74) is 1.24. The van der Waals surface area contributed by atoms with Crippen molar-refractivity contribution >= 4 is 0 Å². The van der Waals surface area contributed by atoms with Gasteiger partial charge in [-0.25, -0.2) is 9.97 Å². The Morgan fingerprint density at radius 2 is 1.44 bits per heavy atom. The van der Waals surface area contributed by atoms with Crippen LogP contribution < -0.4 is 9.47 Å². The minimum Gasteiger partial charge on any atom is -0.481 e. The first-order chi connectivity index (χ1) is 13.0. The van der Waals surface area contributed by atoms with E-state index in [1.807, 2.05) is 12.1 Å². The van der Waals surface area contributed by atoms with Gasteiger partial charge in [-0.2, -0.15) is 8.78 Å². The molecule has 0 aliphatic rings. The monoisotopic (exact) mass is 372 g/mol. The van der Waals surface area contributed by atoms with Crippen LogP contribution in [0.2, 0.25) is 0 Å². The molecule has 27 heavy (non-hydrogen) atoms. The molecular weight excluding hydrogens is 354 g/mol. The molecule has 5 nitrogen and oxygen atoms in total. The number of halogens is 2. The Kier molecular flexibility index (Phi) is 5.61. The van der Waals surface area contributed by atoms with E-state index in [-0.39, 0.29) is 5.56 Å². The van der Waals surface area contributed by atoms with Gasteiger partial charge >= 0.3 is 0 Å². The van der Waals surface area contributed by atoms with Gasteiger partial charge in [0.25, 0.3) is 5.92 Å². The van der Waals surface area contributed by atoms with Crippen molar-refractivity contribution in [3.8, 4) is 28.6 Å². The molecule has 0 N–H and O–H groups in total. The first-order valence-corrected chi connectivity index (χ1v) is 8.14. The van der Waals surface area contributed by atoms with E-state index in [0.29, 0.717) is 28.6 Å². The van der Waals surface area contributed by atoms with E-state index in [1.165, 1.54) is 38.5 Å². The summed E-state index contributed by atoms with van der Waals surface area (Å²) in [4.78, 5) is 8.43. The third-order valence-corrected chi connectivity index (χ3v) is 3.84. The first kappa shape index (κ1) is 18.7. The third kappa shape index (κ3) is 4.20. The number of alkyl halides is 2. The lowest BCUT2D eigenvalue weighted by Gasteiger charge is -2.16. The van der Waals surface area contributed by atoms with Gasteiger partial charge in [0.2, 0.25) is 11.8 Å². The zero-order valence-electron chi connectivity index (χ0n) is 14.9. The van der Waals surface area contributed by atoms with Gasteiger partial charge in [0.05, 0.1) is 7.11 Å². The summed E-state index contributed by atoms with van der Waals surface area (Å²) >= 11 is 0. The summed E-state index contributed by atoms with van der Waals surface area (Å²) in [5.74, 6) is -1.92. The minimum atomic E-state index is -3.06. The number of rotatable bonds is 7. The summed E-state index contributed by atoms with van der Waals surface area (Å²) in [6, 6.07) is 12.8. The molecule has 140 valence electrons. The standard InChI is InChI=1S/C20H18F2N2O3/c1-25-13-20(21,22)14-7-9-15(10-8-14)27-19-17(6-4-12-24-19)16-5-3-11-23-18(16)26-2/h3-12H,13H2,1-2H3. The van der Waals surface area contributed by atoms with Crippen LogP contribution in [0.15, 0.2) is 60.9 Å². The Hall–Kier alpha value is -3.06. The van der Waals surface area contributed by atoms with Crippen molar-refractivity contribution in [1.82, 2.24) is 9.97 Å². The molecule has 0 radical (unpaired) electrons. The number of benzene rings is 1. The highest BCUT2D eigenvalue weighted by atomic mass is 19.3. The van der Waals surface area contributed by atoms with Crippen LogP contribution in [0, 0.1) is 0 Å². The highest BCUT2D eigenvalue weighted by molar-refractivity contribution is 5.73. The Morgan fingerprint density at radius 1 is 0.852 bits per heavy atom. The molecule has 2 aromatic heterocycles. The maximum absolute atomic E-state index is 13.9. The molecule has 7 heteroatoms. The second-order valence-corrected chi connectivity index (χ2v) is 5.68. The predicted octanol–water partition coefficient (Wildman–Crippen LogP) is 4.68. The Labute approximate surface area is 155 Å². The van der Waals surface area contributed by atoms with E-state index in [2.05, 4.69) is 14.7 Å². The van der Waals surface area contributed by atoms with Crippen LogP contribution in [-0.4, -0.2) is 30.8 Å². The molecule has 0 aliphatic carbocycles. The van der Waals surface area contributed by atoms with E-state index in [9.17, 15) is 8.78 Å². The molecule has 3 rings (SSSR count). The number of hydrogen-bond donors (Lipinski definition) is 0. The molecule has 0 bridgehead atoms. The molecule has 0 saturated carbocycles. The average molecular weight is 372 g/mol. The highest BCUT2D eigenvalue weighted by Gasteiger charge is 2.31. The number of nitrogens with zero attached hydrogens (tertiary/aromatic N) is 2. The van der Waals surface area contributed by atoms with Crippen LogP contribution in [0.3, 0.4) is 0 Å². The number of aromatic nitrogens is 2. The lowest BCUT2D eigenvalue weighted by molar-refractivity contribution is -0.0698. The van der Waals surface area contributed by atoms with Gasteiger partial charge in [0, 0.05) is 36.2 Å². The van der Waals surface area contributed by atoms with Gasteiger partial charge < -0.3 is 14.2 Å². The maximum atomic E-state index is 13.9. The molecule has 0 unspecified atom stereocenters.